The number of carbonyl (C=O) groups excluding carboxylic acids is 1. The standard InChI is InChI=1S/C23H24N4O5S2/c1-13(22(28)31-5)32-18-10-16-15(9-20(18)34(29,30)23(2,3)4)21(25-11-24-16)27-14-6-7-19-17(8-14)26-12-33-19/h6-13H,1-5H3,(H,24,25,27)/t13-/m0/s1. The number of nitrogens with zero attached hydrogens (tertiary/aromatic N) is 3. The van der Waals surface area contributed by atoms with E-state index in [1.807, 2.05) is 18.2 Å². The number of esters is 1. The van der Waals surface area contributed by atoms with Crippen LogP contribution in [0.5, 0.6) is 5.75 Å². The fraction of sp³-hybridized carbons (Fsp3) is 0.304. The van der Waals surface area contributed by atoms with Gasteiger partial charge in [0, 0.05) is 17.1 Å². The highest BCUT2D eigenvalue weighted by Crippen LogP contribution is 2.37. The van der Waals surface area contributed by atoms with Gasteiger partial charge < -0.3 is 14.8 Å². The van der Waals surface area contributed by atoms with Crippen molar-refractivity contribution in [1.29, 1.82) is 0 Å². The number of anilines is 2. The number of nitrogens with one attached hydrogen (secondary N) is 1. The maximum absolute atomic E-state index is 13.5. The molecular weight excluding hydrogens is 476 g/mol. The van der Waals surface area contributed by atoms with Crippen LogP contribution in [-0.2, 0) is 19.4 Å². The van der Waals surface area contributed by atoms with Gasteiger partial charge in [0.2, 0.25) is 0 Å². The molecule has 4 aromatic rings. The maximum atomic E-state index is 13.5. The van der Waals surface area contributed by atoms with E-state index in [0.717, 1.165) is 15.9 Å². The van der Waals surface area contributed by atoms with Gasteiger partial charge in [0.1, 0.15) is 22.8 Å². The molecule has 0 spiro atoms. The van der Waals surface area contributed by atoms with Gasteiger partial charge >= 0.3 is 5.97 Å². The van der Waals surface area contributed by atoms with Crippen molar-refractivity contribution >= 4 is 59.8 Å². The number of methoxy groups -OCH3 is 1. The number of thiazole rings is 1. The second-order valence-electron chi connectivity index (χ2n) is 8.60. The summed E-state index contributed by atoms with van der Waals surface area (Å²) in [5.74, 6) is -0.173. The molecule has 1 atom stereocenters. The first-order valence-corrected chi connectivity index (χ1v) is 12.8. The minimum Gasteiger partial charge on any atom is -0.478 e. The number of hydrogen-bond acceptors (Lipinski definition) is 10. The van der Waals surface area contributed by atoms with Crippen molar-refractivity contribution in [2.75, 3.05) is 12.4 Å². The van der Waals surface area contributed by atoms with E-state index in [0.29, 0.717) is 16.7 Å². The summed E-state index contributed by atoms with van der Waals surface area (Å²) < 4.78 is 37.3. The summed E-state index contributed by atoms with van der Waals surface area (Å²) >= 11 is 1.54. The molecule has 0 saturated heterocycles. The third kappa shape index (κ3) is 4.40. The Balaban J connectivity index is 1.86. The van der Waals surface area contributed by atoms with Crippen LogP contribution in [0, 0.1) is 0 Å². The van der Waals surface area contributed by atoms with E-state index in [1.165, 1.54) is 32.5 Å². The highest BCUT2D eigenvalue weighted by molar-refractivity contribution is 7.92. The van der Waals surface area contributed by atoms with Gasteiger partial charge in [0.25, 0.3) is 0 Å². The number of rotatable bonds is 6. The van der Waals surface area contributed by atoms with Crippen LogP contribution in [0.15, 0.2) is 47.1 Å². The lowest BCUT2D eigenvalue weighted by Crippen LogP contribution is -2.30. The SMILES string of the molecule is COC(=O)[C@H](C)Oc1cc2ncnc(Nc3ccc4scnc4c3)c2cc1S(=O)(=O)C(C)(C)C. The highest BCUT2D eigenvalue weighted by Gasteiger charge is 2.35. The fourth-order valence-corrected chi connectivity index (χ4v) is 5.24. The summed E-state index contributed by atoms with van der Waals surface area (Å²) in [7, 11) is -2.62. The third-order valence-electron chi connectivity index (χ3n) is 5.23. The number of carbonyl (C=O) groups is 1. The predicted octanol–water partition coefficient (Wildman–Crippen LogP) is 4.50. The smallest absolute Gasteiger partial charge is 0.346 e. The van der Waals surface area contributed by atoms with E-state index >= 15 is 0 Å². The Morgan fingerprint density at radius 3 is 2.56 bits per heavy atom. The molecule has 0 aliphatic heterocycles. The first-order chi connectivity index (χ1) is 16.0. The van der Waals surface area contributed by atoms with Crippen LogP contribution >= 0.6 is 11.3 Å². The molecule has 34 heavy (non-hydrogen) atoms. The lowest BCUT2D eigenvalue weighted by molar-refractivity contribution is -0.148. The Kier molecular flexibility index (Phi) is 6.17. The molecule has 0 aliphatic carbocycles. The molecule has 0 unspecified atom stereocenters. The maximum Gasteiger partial charge on any atom is 0.346 e. The molecule has 0 saturated carbocycles. The van der Waals surface area contributed by atoms with Gasteiger partial charge in [-0.25, -0.2) is 28.2 Å². The number of hydrogen-bond donors (Lipinski definition) is 1. The largest absolute Gasteiger partial charge is 0.478 e. The summed E-state index contributed by atoms with van der Waals surface area (Å²) in [6.45, 7) is 6.29. The van der Waals surface area contributed by atoms with Crippen molar-refractivity contribution in [3.05, 3.63) is 42.2 Å². The van der Waals surface area contributed by atoms with Crippen LogP contribution in [-0.4, -0.2) is 47.3 Å². The van der Waals surface area contributed by atoms with Gasteiger partial charge in [-0.2, -0.15) is 0 Å². The van der Waals surface area contributed by atoms with E-state index in [-0.39, 0.29) is 10.6 Å². The number of ether oxygens (including phenoxy) is 2. The van der Waals surface area contributed by atoms with E-state index in [9.17, 15) is 13.2 Å². The Morgan fingerprint density at radius 2 is 1.85 bits per heavy atom. The van der Waals surface area contributed by atoms with Gasteiger partial charge in [-0.05, 0) is 52.0 Å². The molecule has 178 valence electrons. The van der Waals surface area contributed by atoms with Crippen LogP contribution in [0.2, 0.25) is 0 Å². The average Bonchev–Trinajstić information content (AvgIpc) is 3.25. The van der Waals surface area contributed by atoms with E-state index < -0.39 is 26.7 Å². The van der Waals surface area contributed by atoms with E-state index in [4.69, 9.17) is 9.47 Å². The minimum absolute atomic E-state index is 0.0221. The van der Waals surface area contributed by atoms with Crippen LogP contribution < -0.4 is 10.1 Å². The summed E-state index contributed by atoms with van der Waals surface area (Å²) in [5.41, 5.74) is 3.82. The quantitative estimate of drug-likeness (QED) is 0.382. The molecule has 0 bridgehead atoms. The normalized spacial score (nSPS) is 13.1. The zero-order valence-electron chi connectivity index (χ0n) is 19.3. The molecule has 0 radical (unpaired) electrons. The van der Waals surface area contributed by atoms with Crippen LogP contribution in [0.4, 0.5) is 11.5 Å². The Hall–Kier alpha value is -3.31. The molecule has 2 heterocycles. The van der Waals surface area contributed by atoms with Gasteiger partial charge in [-0.3, -0.25) is 0 Å². The third-order valence-corrected chi connectivity index (χ3v) is 8.55. The average molecular weight is 501 g/mol. The van der Waals surface area contributed by atoms with Gasteiger partial charge in [0.05, 0.1) is 33.1 Å². The molecule has 9 nitrogen and oxygen atoms in total. The van der Waals surface area contributed by atoms with Crippen molar-refractivity contribution in [2.45, 2.75) is 43.4 Å². The van der Waals surface area contributed by atoms with Gasteiger partial charge in [0.15, 0.2) is 15.9 Å². The Morgan fingerprint density at radius 1 is 1.09 bits per heavy atom. The molecule has 2 aromatic carbocycles. The summed E-state index contributed by atoms with van der Waals surface area (Å²) in [6, 6.07) is 8.73. The summed E-state index contributed by atoms with van der Waals surface area (Å²) in [4.78, 5) is 24.8. The van der Waals surface area contributed by atoms with E-state index in [1.54, 1.807) is 37.6 Å². The first-order valence-electron chi connectivity index (χ1n) is 10.4. The Labute approximate surface area is 201 Å². The summed E-state index contributed by atoms with van der Waals surface area (Å²) in [5, 5.41) is 3.73. The van der Waals surface area contributed by atoms with Crippen LogP contribution in [0.1, 0.15) is 27.7 Å². The van der Waals surface area contributed by atoms with Crippen LogP contribution in [0.3, 0.4) is 0 Å². The molecule has 0 amide bonds. The molecular formula is C23H24N4O5S2. The van der Waals surface area contributed by atoms with Crippen molar-refractivity contribution in [1.82, 2.24) is 15.0 Å². The predicted molar refractivity (Wildman–Crippen MR) is 131 cm³/mol. The van der Waals surface area contributed by atoms with Gasteiger partial charge in [-0.15, -0.1) is 11.3 Å². The van der Waals surface area contributed by atoms with Crippen molar-refractivity contribution in [3.63, 3.8) is 0 Å². The molecule has 0 aliphatic rings. The topological polar surface area (TPSA) is 120 Å². The zero-order valence-corrected chi connectivity index (χ0v) is 21.0. The molecule has 2 aromatic heterocycles. The van der Waals surface area contributed by atoms with Gasteiger partial charge in [-0.1, -0.05) is 0 Å². The van der Waals surface area contributed by atoms with Crippen molar-refractivity contribution in [2.24, 2.45) is 0 Å². The minimum atomic E-state index is -3.86. The molecule has 1 N–H and O–H groups in total. The second kappa shape index (κ2) is 8.80. The number of sulfone groups is 1. The monoisotopic (exact) mass is 500 g/mol. The van der Waals surface area contributed by atoms with Crippen LogP contribution in [0.25, 0.3) is 21.1 Å². The first kappa shape index (κ1) is 23.8. The number of aromatic nitrogens is 3. The summed E-state index contributed by atoms with van der Waals surface area (Å²) in [6.07, 6.45) is 0.359. The molecule has 0 fully saturated rings. The van der Waals surface area contributed by atoms with Crippen molar-refractivity contribution < 1.29 is 22.7 Å². The van der Waals surface area contributed by atoms with Crippen molar-refractivity contribution in [3.8, 4) is 5.75 Å². The number of benzene rings is 2. The Bertz CT molecular complexity index is 1490. The van der Waals surface area contributed by atoms with E-state index in [2.05, 4.69) is 20.3 Å². The second-order valence-corrected chi connectivity index (χ2v) is 12.2. The lowest BCUT2D eigenvalue weighted by atomic mass is 10.2. The molecule has 11 heteroatoms. The zero-order chi connectivity index (χ0) is 24.7. The lowest BCUT2D eigenvalue weighted by Gasteiger charge is -2.23. The molecule has 4 rings (SSSR count). The fourth-order valence-electron chi connectivity index (χ4n) is 3.27. The highest BCUT2D eigenvalue weighted by atomic mass is 32.2. The number of fused-ring (bicyclic) bond motifs is 2.